The average molecular weight is 371 g/mol. The van der Waals surface area contributed by atoms with Crippen LogP contribution in [0.5, 0.6) is 11.5 Å². The summed E-state index contributed by atoms with van der Waals surface area (Å²) in [6, 6.07) is 7.22. The Labute approximate surface area is 156 Å². The summed E-state index contributed by atoms with van der Waals surface area (Å²) < 4.78 is 12.4. The van der Waals surface area contributed by atoms with E-state index in [2.05, 4.69) is 9.97 Å². The first-order chi connectivity index (χ1) is 12.5. The van der Waals surface area contributed by atoms with Crippen molar-refractivity contribution < 1.29 is 9.47 Å². The molecule has 7 heteroatoms. The molecule has 0 amide bonds. The highest BCUT2D eigenvalue weighted by atomic mass is 32.2. The van der Waals surface area contributed by atoms with Gasteiger partial charge in [-0.2, -0.15) is 0 Å². The first kappa shape index (κ1) is 18.3. The van der Waals surface area contributed by atoms with Gasteiger partial charge in [0.15, 0.2) is 5.16 Å². The number of methoxy groups -OCH3 is 2. The topological polar surface area (TPSA) is 66.2 Å². The molecule has 26 heavy (non-hydrogen) atoms. The SMILES string of the molecule is COc1cc(OC)cc(-c2cc3cnc(SC)nc3n(C(C)C)c2=O)c1. The van der Waals surface area contributed by atoms with E-state index in [1.165, 1.54) is 11.8 Å². The minimum atomic E-state index is -0.103. The molecule has 0 saturated carbocycles. The summed E-state index contributed by atoms with van der Waals surface area (Å²) in [7, 11) is 3.17. The summed E-state index contributed by atoms with van der Waals surface area (Å²) in [6.07, 6.45) is 3.67. The van der Waals surface area contributed by atoms with E-state index < -0.39 is 0 Å². The standard InChI is InChI=1S/C19H21N3O3S/c1-11(2)22-17-13(10-20-19(21-17)26-5)8-16(18(22)23)12-6-14(24-3)9-15(7-12)25-4/h6-11H,1-5H3. The van der Waals surface area contributed by atoms with Crippen LogP contribution in [0.15, 0.2) is 40.4 Å². The Morgan fingerprint density at radius 3 is 2.27 bits per heavy atom. The van der Waals surface area contributed by atoms with Crippen LogP contribution in [0.25, 0.3) is 22.2 Å². The van der Waals surface area contributed by atoms with Crippen molar-refractivity contribution in [1.29, 1.82) is 0 Å². The maximum Gasteiger partial charge on any atom is 0.260 e. The molecule has 0 radical (unpaired) electrons. The fourth-order valence-corrected chi connectivity index (χ4v) is 3.19. The molecule has 2 heterocycles. The second kappa shape index (κ2) is 7.37. The molecule has 0 unspecified atom stereocenters. The van der Waals surface area contributed by atoms with Gasteiger partial charge in [-0.15, -0.1) is 0 Å². The van der Waals surface area contributed by atoms with Crippen molar-refractivity contribution in [3.05, 3.63) is 40.8 Å². The molecule has 2 aromatic heterocycles. The number of thioether (sulfide) groups is 1. The second-order valence-corrected chi connectivity index (χ2v) is 6.84. The van der Waals surface area contributed by atoms with Gasteiger partial charge in [-0.25, -0.2) is 9.97 Å². The predicted octanol–water partition coefficient (Wildman–Crippen LogP) is 3.78. The lowest BCUT2D eigenvalue weighted by Crippen LogP contribution is -2.24. The first-order valence-electron chi connectivity index (χ1n) is 8.18. The molecular weight excluding hydrogens is 350 g/mol. The maximum absolute atomic E-state index is 13.2. The van der Waals surface area contributed by atoms with Crippen molar-refractivity contribution in [2.24, 2.45) is 0 Å². The Balaban J connectivity index is 2.34. The highest BCUT2D eigenvalue weighted by Gasteiger charge is 2.16. The van der Waals surface area contributed by atoms with Crippen LogP contribution >= 0.6 is 11.8 Å². The molecule has 0 N–H and O–H groups in total. The molecule has 3 rings (SSSR count). The predicted molar refractivity (Wildman–Crippen MR) is 105 cm³/mol. The molecule has 0 fully saturated rings. The zero-order valence-electron chi connectivity index (χ0n) is 15.4. The number of nitrogens with zero attached hydrogens (tertiary/aromatic N) is 3. The molecule has 0 bridgehead atoms. The van der Waals surface area contributed by atoms with Crippen LogP contribution in [0.3, 0.4) is 0 Å². The number of hydrogen-bond acceptors (Lipinski definition) is 6. The van der Waals surface area contributed by atoms with Gasteiger partial charge in [-0.3, -0.25) is 9.36 Å². The monoisotopic (exact) mass is 371 g/mol. The van der Waals surface area contributed by atoms with E-state index in [0.29, 0.717) is 27.9 Å². The molecule has 0 aliphatic carbocycles. The lowest BCUT2D eigenvalue weighted by Gasteiger charge is -2.16. The minimum Gasteiger partial charge on any atom is -0.497 e. The minimum absolute atomic E-state index is 0.0398. The summed E-state index contributed by atoms with van der Waals surface area (Å²) in [5.74, 6) is 1.26. The molecule has 0 atom stereocenters. The van der Waals surface area contributed by atoms with Crippen molar-refractivity contribution in [3.63, 3.8) is 0 Å². The van der Waals surface area contributed by atoms with Crippen LogP contribution in [0.1, 0.15) is 19.9 Å². The van der Waals surface area contributed by atoms with Gasteiger partial charge in [0.25, 0.3) is 5.56 Å². The Kier molecular flexibility index (Phi) is 5.18. The molecule has 0 aliphatic heterocycles. The Bertz CT molecular complexity index is 993. The third kappa shape index (κ3) is 3.26. The van der Waals surface area contributed by atoms with Crippen molar-refractivity contribution in [3.8, 4) is 22.6 Å². The number of hydrogen-bond donors (Lipinski definition) is 0. The summed E-state index contributed by atoms with van der Waals surface area (Å²) in [5, 5.41) is 1.45. The summed E-state index contributed by atoms with van der Waals surface area (Å²) in [4.78, 5) is 22.1. The van der Waals surface area contributed by atoms with E-state index in [9.17, 15) is 4.79 Å². The normalized spacial score (nSPS) is 11.2. The van der Waals surface area contributed by atoms with Crippen LogP contribution in [-0.2, 0) is 0 Å². The van der Waals surface area contributed by atoms with E-state index in [1.54, 1.807) is 31.0 Å². The van der Waals surface area contributed by atoms with Crippen molar-refractivity contribution in [2.75, 3.05) is 20.5 Å². The third-order valence-electron chi connectivity index (χ3n) is 4.11. The fraction of sp³-hybridized carbons (Fsp3) is 0.316. The van der Waals surface area contributed by atoms with Gasteiger partial charge in [0.1, 0.15) is 17.1 Å². The Hall–Kier alpha value is -2.54. The first-order valence-corrected chi connectivity index (χ1v) is 9.40. The number of fused-ring (bicyclic) bond motifs is 1. The van der Waals surface area contributed by atoms with Gasteiger partial charge in [-0.1, -0.05) is 11.8 Å². The zero-order chi connectivity index (χ0) is 18.8. The molecule has 0 aliphatic rings. The van der Waals surface area contributed by atoms with E-state index in [1.807, 2.05) is 38.3 Å². The third-order valence-corrected chi connectivity index (χ3v) is 4.67. The van der Waals surface area contributed by atoms with E-state index in [0.717, 1.165) is 10.9 Å². The molecule has 6 nitrogen and oxygen atoms in total. The van der Waals surface area contributed by atoms with Crippen molar-refractivity contribution >= 4 is 22.8 Å². The highest BCUT2D eigenvalue weighted by Crippen LogP contribution is 2.30. The maximum atomic E-state index is 13.2. The number of ether oxygens (including phenoxy) is 2. The number of benzene rings is 1. The Morgan fingerprint density at radius 1 is 1.08 bits per heavy atom. The Morgan fingerprint density at radius 2 is 1.73 bits per heavy atom. The average Bonchev–Trinajstić information content (AvgIpc) is 2.66. The number of rotatable bonds is 5. The number of aromatic nitrogens is 3. The summed E-state index contributed by atoms with van der Waals surface area (Å²) in [5.41, 5.74) is 1.83. The molecule has 0 spiro atoms. The van der Waals surface area contributed by atoms with Crippen molar-refractivity contribution in [2.45, 2.75) is 25.0 Å². The molecule has 1 aromatic carbocycles. The molecule has 0 saturated heterocycles. The largest absolute Gasteiger partial charge is 0.497 e. The van der Waals surface area contributed by atoms with Gasteiger partial charge in [0, 0.05) is 29.3 Å². The van der Waals surface area contributed by atoms with Crippen molar-refractivity contribution in [1.82, 2.24) is 14.5 Å². The van der Waals surface area contributed by atoms with Crippen LogP contribution in [0, 0.1) is 0 Å². The highest BCUT2D eigenvalue weighted by molar-refractivity contribution is 7.98. The fourth-order valence-electron chi connectivity index (χ4n) is 2.85. The van der Waals surface area contributed by atoms with Gasteiger partial charge in [0.2, 0.25) is 0 Å². The lowest BCUT2D eigenvalue weighted by molar-refractivity contribution is 0.394. The summed E-state index contributed by atoms with van der Waals surface area (Å²) >= 11 is 1.45. The van der Waals surface area contributed by atoms with Crippen LogP contribution < -0.4 is 15.0 Å². The smallest absolute Gasteiger partial charge is 0.260 e. The quantitative estimate of drug-likeness (QED) is 0.502. The van der Waals surface area contributed by atoms with E-state index in [-0.39, 0.29) is 11.6 Å². The van der Waals surface area contributed by atoms with Gasteiger partial charge in [-0.05, 0) is 43.9 Å². The number of pyridine rings is 1. The van der Waals surface area contributed by atoms with Gasteiger partial charge >= 0.3 is 0 Å². The van der Waals surface area contributed by atoms with E-state index >= 15 is 0 Å². The summed E-state index contributed by atoms with van der Waals surface area (Å²) in [6.45, 7) is 3.94. The van der Waals surface area contributed by atoms with Crippen LogP contribution in [0.2, 0.25) is 0 Å². The van der Waals surface area contributed by atoms with Gasteiger partial charge in [0.05, 0.1) is 14.2 Å². The van der Waals surface area contributed by atoms with Gasteiger partial charge < -0.3 is 9.47 Å². The molecule has 3 aromatic rings. The van der Waals surface area contributed by atoms with Crippen LogP contribution in [0.4, 0.5) is 0 Å². The van der Waals surface area contributed by atoms with Crippen LogP contribution in [-0.4, -0.2) is 35.0 Å². The zero-order valence-corrected chi connectivity index (χ0v) is 16.3. The lowest BCUT2D eigenvalue weighted by atomic mass is 10.0. The molecular formula is C19H21N3O3S. The van der Waals surface area contributed by atoms with E-state index in [4.69, 9.17) is 9.47 Å². The molecule has 136 valence electrons. The second-order valence-electron chi connectivity index (χ2n) is 6.06.